The zero-order valence-electron chi connectivity index (χ0n) is 13.8. The number of aromatic nitrogens is 1. The van der Waals surface area contributed by atoms with Crippen LogP contribution in [0.2, 0.25) is 0 Å². The molecular weight excluding hydrogens is 336 g/mol. The van der Waals surface area contributed by atoms with Crippen LogP contribution in [0.5, 0.6) is 0 Å². The molecule has 25 heavy (non-hydrogen) atoms. The van der Waals surface area contributed by atoms with Crippen molar-refractivity contribution in [3.05, 3.63) is 59.7 Å². The van der Waals surface area contributed by atoms with Crippen LogP contribution in [0.1, 0.15) is 18.1 Å². The Labute approximate surface area is 143 Å². The summed E-state index contributed by atoms with van der Waals surface area (Å²) >= 11 is 0. The third-order valence-electron chi connectivity index (χ3n) is 3.46. The predicted octanol–water partition coefficient (Wildman–Crippen LogP) is 3.40. The van der Waals surface area contributed by atoms with Crippen molar-refractivity contribution in [2.75, 3.05) is 13.1 Å². The van der Waals surface area contributed by atoms with Gasteiger partial charge < -0.3 is 15.2 Å². The average molecular weight is 356 g/mol. The van der Waals surface area contributed by atoms with Gasteiger partial charge in [0.15, 0.2) is 5.96 Å². The number of aliphatic imine (C=N–C) groups is 1. The molecule has 2 rings (SSSR count). The minimum atomic E-state index is -4.62. The molecule has 2 N–H and O–H groups in total. The largest absolute Gasteiger partial charge is 0.416 e. The van der Waals surface area contributed by atoms with E-state index in [1.807, 2.05) is 36.0 Å². The van der Waals surface area contributed by atoms with Gasteiger partial charge in [-0.05, 0) is 36.8 Å². The van der Waals surface area contributed by atoms with E-state index in [-0.39, 0.29) is 12.1 Å². The van der Waals surface area contributed by atoms with Gasteiger partial charge in [-0.3, -0.25) is 0 Å². The van der Waals surface area contributed by atoms with Crippen LogP contribution >= 0.6 is 0 Å². The number of hydrogen-bond acceptors (Lipinski definition) is 1. The number of rotatable bonds is 6. The Hall–Kier alpha value is -2.51. The lowest BCUT2D eigenvalue weighted by atomic mass is 10.1. The molecule has 0 aliphatic rings. The number of nitrogens with zero attached hydrogens (tertiary/aromatic N) is 2. The average Bonchev–Trinajstić information content (AvgIpc) is 3.06. The first-order valence-corrected chi connectivity index (χ1v) is 7.88. The first-order chi connectivity index (χ1) is 11.9. The Morgan fingerprint density at radius 2 is 1.88 bits per heavy atom. The van der Waals surface area contributed by atoms with Crippen LogP contribution in [-0.4, -0.2) is 23.6 Å². The van der Waals surface area contributed by atoms with E-state index in [4.69, 9.17) is 0 Å². The zero-order chi connectivity index (χ0) is 18.3. The lowest BCUT2D eigenvalue weighted by Crippen LogP contribution is -2.38. The number of halogens is 4. The van der Waals surface area contributed by atoms with E-state index in [2.05, 4.69) is 15.6 Å². The molecule has 0 amide bonds. The van der Waals surface area contributed by atoms with Gasteiger partial charge in [-0.2, -0.15) is 13.2 Å². The highest BCUT2D eigenvalue weighted by Crippen LogP contribution is 2.32. The first kappa shape index (κ1) is 18.8. The Morgan fingerprint density at radius 1 is 1.16 bits per heavy atom. The molecule has 0 spiro atoms. The van der Waals surface area contributed by atoms with E-state index in [9.17, 15) is 17.6 Å². The molecule has 0 radical (unpaired) electrons. The van der Waals surface area contributed by atoms with Gasteiger partial charge >= 0.3 is 6.18 Å². The van der Waals surface area contributed by atoms with Crippen molar-refractivity contribution in [3.63, 3.8) is 0 Å². The fraction of sp³-hybridized carbons (Fsp3) is 0.353. The summed E-state index contributed by atoms with van der Waals surface area (Å²) in [5.41, 5.74) is -1.07. The summed E-state index contributed by atoms with van der Waals surface area (Å²) in [6.45, 7) is 3.50. The number of benzene rings is 1. The highest BCUT2D eigenvalue weighted by molar-refractivity contribution is 5.79. The number of hydrogen-bond donors (Lipinski definition) is 2. The fourth-order valence-corrected chi connectivity index (χ4v) is 2.28. The van der Waals surface area contributed by atoms with Crippen molar-refractivity contribution >= 4 is 5.96 Å². The van der Waals surface area contributed by atoms with E-state index in [0.717, 1.165) is 12.1 Å². The van der Waals surface area contributed by atoms with Crippen molar-refractivity contribution in [3.8, 4) is 0 Å². The van der Waals surface area contributed by atoms with Gasteiger partial charge in [0, 0.05) is 32.0 Å². The summed E-state index contributed by atoms with van der Waals surface area (Å²) in [4.78, 5) is 4.17. The van der Waals surface area contributed by atoms with Crippen molar-refractivity contribution in [1.29, 1.82) is 0 Å². The lowest BCUT2D eigenvalue weighted by molar-refractivity contribution is -0.138. The summed E-state index contributed by atoms with van der Waals surface area (Å²) in [6, 6.07) is 6.44. The van der Waals surface area contributed by atoms with E-state index < -0.39 is 17.6 Å². The Morgan fingerprint density at radius 3 is 2.52 bits per heavy atom. The molecule has 0 saturated heterocycles. The summed E-state index contributed by atoms with van der Waals surface area (Å²) in [5.74, 6) is -0.510. The molecule has 0 unspecified atom stereocenters. The first-order valence-electron chi connectivity index (χ1n) is 7.88. The Balaban J connectivity index is 2.05. The number of alkyl halides is 3. The molecule has 1 aromatic carbocycles. The zero-order valence-corrected chi connectivity index (χ0v) is 13.8. The second-order valence-corrected chi connectivity index (χ2v) is 5.34. The third kappa shape index (κ3) is 5.81. The van der Waals surface area contributed by atoms with Gasteiger partial charge in [0.1, 0.15) is 5.82 Å². The fourth-order valence-electron chi connectivity index (χ4n) is 2.28. The number of guanidine groups is 1. The summed E-state index contributed by atoms with van der Waals surface area (Å²) in [7, 11) is 0. The molecule has 0 bridgehead atoms. The molecule has 8 heteroatoms. The minimum Gasteiger partial charge on any atom is -0.357 e. The van der Waals surface area contributed by atoms with E-state index in [1.165, 1.54) is 0 Å². The van der Waals surface area contributed by atoms with Gasteiger partial charge in [0.05, 0.1) is 12.1 Å². The van der Waals surface area contributed by atoms with Crippen LogP contribution in [0, 0.1) is 5.82 Å². The second-order valence-electron chi connectivity index (χ2n) is 5.34. The topological polar surface area (TPSA) is 41.4 Å². The molecule has 0 aliphatic carbocycles. The van der Waals surface area contributed by atoms with Crippen molar-refractivity contribution in [1.82, 2.24) is 15.2 Å². The van der Waals surface area contributed by atoms with E-state index >= 15 is 0 Å². The maximum Gasteiger partial charge on any atom is 0.416 e. The minimum absolute atomic E-state index is 0.0727. The van der Waals surface area contributed by atoms with Gasteiger partial charge in [-0.1, -0.05) is 6.07 Å². The van der Waals surface area contributed by atoms with E-state index in [1.54, 1.807) is 0 Å². The molecule has 1 heterocycles. The summed E-state index contributed by atoms with van der Waals surface area (Å²) in [5, 5.41) is 6.04. The van der Waals surface area contributed by atoms with Crippen LogP contribution in [0.4, 0.5) is 17.6 Å². The molecule has 4 nitrogen and oxygen atoms in total. The Bertz CT molecular complexity index is 693. The quantitative estimate of drug-likeness (QED) is 0.473. The van der Waals surface area contributed by atoms with Gasteiger partial charge in [0.25, 0.3) is 0 Å². The third-order valence-corrected chi connectivity index (χ3v) is 3.46. The van der Waals surface area contributed by atoms with Gasteiger partial charge in [0.2, 0.25) is 0 Å². The summed E-state index contributed by atoms with van der Waals surface area (Å²) < 4.78 is 54.1. The smallest absolute Gasteiger partial charge is 0.357 e. The summed E-state index contributed by atoms with van der Waals surface area (Å²) in [6.07, 6.45) is -0.785. The number of nitrogens with one attached hydrogen (secondary N) is 2. The molecule has 0 aliphatic heterocycles. The van der Waals surface area contributed by atoms with Gasteiger partial charge in [-0.25, -0.2) is 9.38 Å². The highest BCUT2D eigenvalue weighted by Gasteiger charge is 2.33. The highest BCUT2D eigenvalue weighted by atomic mass is 19.4. The molecule has 0 saturated carbocycles. The van der Waals surface area contributed by atoms with Gasteiger partial charge in [-0.15, -0.1) is 0 Å². The van der Waals surface area contributed by atoms with E-state index in [0.29, 0.717) is 31.7 Å². The molecular formula is C17H20F4N4. The predicted molar refractivity (Wildman–Crippen MR) is 88.7 cm³/mol. The molecule has 0 fully saturated rings. The molecule has 0 atom stereocenters. The van der Waals surface area contributed by atoms with Crippen LogP contribution < -0.4 is 10.6 Å². The van der Waals surface area contributed by atoms with Crippen LogP contribution in [-0.2, 0) is 19.3 Å². The monoisotopic (exact) mass is 356 g/mol. The van der Waals surface area contributed by atoms with Crippen LogP contribution in [0.25, 0.3) is 0 Å². The van der Waals surface area contributed by atoms with Crippen LogP contribution in [0.3, 0.4) is 0 Å². The second kappa shape index (κ2) is 8.55. The molecule has 2 aromatic rings. The van der Waals surface area contributed by atoms with Crippen molar-refractivity contribution in [2.45, 2.75) is 26.2 Å². The lowest BCUT2D eigenvalue weighted by Gasteiger charge is -2.14. The SMILES string of the molecule is CCNC(=NCc1ccc(F)cc1C(F)(F)F)NCCn1cccc1. The van der Waals surface area contributed by atoms with Crippen molar-refractivity contribution < 1.29 is 17.6 Å². The maximum atomic E-state index is 13.1. The maximum absolute atomic E-state index is 13.1. The standard InChI is InChI=1S/C17H20F4N4/c1-2-22-16(23-7-10-25-8-3-4-9-25)24-12-13-5-6-14(18)11-15(13)17(19,20)21/h3-6,8-9,11H,2,7,10,12H2,1H3,(H2,22,23,24). The normalized spacial score (nSPS) is 12.3. The van der Waals surface area contributed by atoms with Crippen molar-refractivity contribution in [2.24, 2.45) is 4.99 Å². The molecule has 136 valence electrons. The molecule has 1 aromatic heterocycles. The van der Waals surface area contributed by atoms with Crippen LogP contribution in [0.15, 0.2) is 47.7 Å². The Kier molecular flexibility index (Phi) is 6.44.